The molecule has 126 valence electrons. The maximum Gasteiger partial charge on any atom is 0.311 e. The topological polar surface area (TPSA) is 31.2 Å². The summed E-state index contributed by atoms with van der Waals surface area (Å²) in [6, 6.07) is 17.2. The monoisotopic (exact) mass is 323 g/mol. The highest BCUT2D eigenvalue weighted by atomic mass is 16.5. The van der Waals surface area contributed by atoms with Crippen LogP contribution in [0.3, 0.4) is 0 Å². The molecule has 0 amide bonds. The molecule has 0 aliphatic carbocycles. The van der Waals surface area contributed by atoms with Crippen molar-refractivity contribution in [3.63, 3.8) is 0 Å². The van der Waals surface area contributed by atoms with Crippen LogP contribution in [0.1, 0.15) is 39.7 Å². The van der Waals surface area contributed by atoms with Gasteiger partial charge in [-0.3, -0.25) is 4.79 Å². The average Bonchev–Trinajstić information content (AvgIpc) is 2.93. The van der Waals surface area contributed by atoms with Gasteiger partial charge in [0.25, 0.3) is 0 Å². The van der Waals surface area contributed by atoms with E-state index in [0.717, 1.165) is 12.8 Å². The largest absolute Gasteiger partial charge is 0.469 e. The summed E-state index contributed by atoms with van der Waals surface area (Å²) in [7, 11) is 1.46. The molecule has 3 heteroatoms. The van der Waals surface area contributed by atoms with Crippen molar-refractivity contribution in [3.8, 4) is 0 Å². The van der Waals surface area contributed by atoms with Gasteiger partial charge >= 0.3 is 5.97 Å². The molecular formula is C21H25NO2. The van der Waals surface area contributed by atoms with Crippen molar-refractivity contribution in [2.75, 3.05) is 7.11 Å². The number of hydrogen-bond donors (Lipinski definition) is 0. The third kappa shape index (κ3) is 2.68. The van der Waals surface area contributed by atoms with Crippen LogP contribution in [0.2, 0.25) is 0 Å². The Labute approximate surface area is 143 Å². The molecule has 0 fully saturated rings. The number of fused-ring (bicyclic) bond motifs is 3. The van der Waals surface area contributed by atoms with Gasteiger partial charge in [-0.2, -0.15) is 0 Å². The number of ether oxygens (including phenoxy) is 1. The Kier molecular flexibility index (Phi) is 4.35. The molecule has 3 rings (SSSR count). The Balaban J connectivity index is 2.16. The number of benzene rings is 2. The van der Waals surface area contributed by atoms with Crippen LogP contribution in [0, 0.1) is 5.41 Å². The van der Waals surface area contributed by atoms with Crippen LogP contribution in [0.5, 0.6) is 0 Å². The van der Waals surface area contributed by atoms with Crippen molar-refractivity contribution >= 4 is 27.8 Å². The lowest BCUT2D eigenvalue weighted by Gasteiger charge is -2.29. The van der Waals surface area contributed by atoms with Gasteiger partial charge in [-0.1, -0.05) is 43.3 Å². The van der Waals surface area contributed by atoms with E-state index in [2.05, 4.69) is 60.0 Å². The summed E-state index contributed by atoms with van der Waals surface area (Å²) in [6.07, 6.45) is 1.71. The molecule has 0 saturated carbocycles. The van der Waals surface area contributed by atoms with Crippen LogP contribution in [0.15, 0.2) is 48.5 Å². The molecule has 1 unspecified atom stereocenters. The molecule has 0 saturated heterocycles. The van der Waals surface area contributed by atoms with Crippen molar-refractivity contribution in [1.29, 1.82) is 0 Å². The van der Waals surface area contributed by atoms with Gasteiger partial charge in [-0.25, -0.2) is 0 Å². The smallest absolute Gasteiger partial charge is 0.311 e. The number of methoxy groups -OCH3 is 1. The van der Waals surface area contributed by atoms with Crippen LogP contribution in [-0.4, -0.2) is 17.6 Å². The lowest BCUT2D eigenvalue weighted by Crippen LogP contribution is -2.29. The van der Waals surface area contributed by atoms with Gasteiger partial charge in [-0.05, 0) is 38.8 Å². The maximum absolute atomic E-state index is 12.2. The number of hydrogen-bond acceptors (Lipinski definition) is 2. The van der Waals surface area contributed by atoms with Crippen LogP contribution in [-0.2, 0) is 9.53 Å². The van der Waals surface area contributed by atoms with Crippen molar-refractivity contribution in [1.82, 2.24) is 4.57 Å². The first-order valence-corrected chi connectivity index (χ1v) is 8.55. The molecule has 0 spiro atoms. The van der Waals surface area contributed by atoms with Crippen LogP contribution in [0.4, 0.5) is 0 Å². The predicted molar refractivity (Wildman–Crippen MR) is 99.2 cm³/mol. The summed E-state index contributed by atoms with van der Waals surface area (Å²) in [6.45, 7) is 6.12. The first-order valence-electron chi connectivity index (χ1n) is 8.55. The number of carbonyl (C=O) groups excluding carboxylic acids is 1. The van der Waals surface area contributed by atoms with Crippen LogP contribution >= 0.6 is 0 Å². The second-order valence-corrected chi connectivity index (χ2v) is 7.05. The highest BCUT2D eigenvalue weighted by Gasteiger charge is 2.33. The molecule has 0 bridgehead atoms. The van der Waals surface area contributed by atoms with E-state index in [0.29, 0.717) is 0 Å². The molecule has 24 heavy (non-hydrogen) atoms. The maximum atomic E-state index is 12.2. The lowest BCUT2D eigenvalue weighted by atomic mass is 9.84. The molecule has 1 aromatic heterocycles. The Morgan fingerprint density at radius 1 is 1.04 bits per heavy atom. The molecule has 1 heterocycles. The first-order chi connectivity index (χ1) is 11.5. The highest BCUT2D eigenvalue weighted by molar-refractivity contribution is 6.08. The second-order valence-electron chi connectivity index (χ2n) is 7.05. The van der Waals surface area contributed by atoms with E-state index in [1.165, 1.54) is 28.9 Å². The van der Waals surface area contributed by atoms with Gasteiger partial charge < -0.3 is 9.30 Å². The Morgan fingerprint density at radius 3 is 2.00 bits per heavy atom. The van der Waals surface area contributed by atoms with E-state index < -0.39 is 5.41 Å². The van der Waals surface area contributed by atoms with Crippen molar-refractivity contribution in [3.05, 3.63) is 48.5 Å². The number of rotatable bonds is 5. The molecule has 3 nitrogen and oxygen atoms in total. The van der Waals surface area contributed by atoms with E-state index in [1.54, 1.807) is 0 Å². The zero-order valence-corrected chi connectivity index (χ0v) is 14.9. The molecular weight excluding hydrogens is 298 g/mol. The van der Waals surface area contributed by atoms with Crippen molar-refractivity contribution < 1.29 is 9.53 Å². The minimum atomic E-state index is -0.512. The van der Waals surface area contributed by atoms with Gasteiger partial charge in [0, 0.05) is 27.8 Å². The van der Waals surface area contributed by atoms with Crippen molar-refractivity contribution in [2.45, 2.75) is 39.7 Å². The summed E-state index contributed by atoms with van der Waals surface area (Å²) in [5, 5.41) is 2.53. The molecule has 1 atom stereocenters. The van der Waals surface area contributed by atoms with Crippen molar-refractivity contribution in [2.24, 2.45) is 5.41 Å². The fourth-order valence-electron chi connectivity index (χ4n) is 3.71. The summed E-state index contributed by atoms with van der Waals surface area (Å²) in [4.78, 5) is 12.2. The highest BCUT2D eigenvalue weighted by Crippen LogP contribution is 2.38. The Morgan fingerprint density at radius 2 is 1.54 bits per heavy atom. The minimum Gasteiger partial charge on any atom is -0.469 e. The van der Waals surface area contributed by atoms with Gasteiger partial charge in [0.05, 0.1) is 12.5 Å². The second kappa shape index (κ2) is 6.31. The zero-order chi connectivity index (χ0) is 17.3. The van der Waals surface area contributed by atoms with Crippen LogP contribution < -0.4 is 0 Å². The first kappa shape index (κ1) is 16.6. The third-order valence-corrected chi connectivity index (χ3v) is 4.94. The number of esters is 1. The van der Waals surface area contributed by atoms with E-state index in [1.807, 2.05) is 13.8 Å². The van der Waals surface area contributed by atoms with Gasteiger partial charge in [0.1, 0.15) is 0 Å². The van der Waals surface area contributed by atoms with Gasteiger partial charge in [0.2, 0.25) is 0 Å². The van der Waals surface area contributed by atoms with Gasteiger partial charge in [0.15, 0.2) is 0 Å². The molecule has 3 aromatic rings. The summed E-state index contributed by atoms with van der Waals surface area (Å²) < 4.78 is 7.40. The normalized spacial score (nSPS) is 13.3. The van der Waals surface area contributed by atoms with E-state index >= 15 is 0 Å². The Bertz CT molecular complexity index is 823. The summed E-state index contributed by atoms with van der Waals surface area (Å²) in [5.41, 5.74) is 1.94. The lowest BCUT2D eigenvalue weighted by molar-refractivity contribution is -0.151. The quantitative estimate of drug-likeness (QED) is 0.594. The SMILES string of the molecule is CCC(CC(C)(C)C(=O)OC)n1c2ccccc2c2ccccc21. The third-order valence-electron chi connectivity index (χ3n) is 4.94. The zero-order valence-electron chi connectivity index (χ0n) is 14.9. The van der Waals surface area contributed by atoms with Gasteiger partial charge in [-0.15, -0.1) is 0 Å². The summed E-state index contributed by atoms with van der Waals surface area (Å²) >= 11 is 0. The van der Waals surface area contributed by atoms with E-state index in [-0.39, 0.29) is 12.0 Å². The molecule has 0 aliphatic heterocycles. The molecule has 0 radical (unpaired) electrons. The molecule has 2 aromatic carbocycles. The average molecular weight is 323 g/mol. The fraction of sp³-hybridized carbons (Fsp3) is 0.381. The molecule has 0 N–H and O–H groups in total. The van der Waals surface area contributed by atoms with E-state index in [4.69, 9.17) is 4.74 Å². The predicted octanol–water partition coefficient (Wildman–Crippen LogP) is 5.33. The Hall–Kier alpha value is -2.29. The van der Waals surface area contributed by atoms with Crippen LogP contribution in [0.25, 0.3) is 21.8 Å². The number of nitrogens with zero attached hydrogens (tertiary/aromatic N) is 1. The number of para-hydroxylation sites is 2. The summed E-state index contributed by atoms with van der Waals surface area (Å²) in [5.74, 6) is -0.151. The number of aromatic nitrogens is 1. The molecule has 0 aliphatic rings. The minimum absolute atomic E-state index is 0.151. The standard InChI is InChI=1S/C21H25NO2/c1-5-15(14-21(2,3)20(23)24-4)22-18-12-8-6-10-16(18)17-11-7-9-13-19(17)22/h6-13,15H,5,14H2,1-4H3. The number of carbonyl (C=O) groups is 1. The fourth-order valence-corrected chi connectivity index (χ4v) is 3.71. The van der Waals surface area contributed by atoms with E-state index in [9.17, 15) is 4.79 Å².